The molecule has 0 aliphatic heterocycles. The van der Waals surface area contributed by atoms with Crippen LogP contribution in [0, 0.1) is 0 Å². The van der Waals surface area contributed by atoms with Crippen molar-refractivity contribution >= 4 is 39.1 Å². The summed E-state index contributed by atoms with van der Waals surface area (Å²) < 4.78 is 5.91. The summed E-state index contributed by atoms with van der Waals surface area (Å²) in [7, 11) is 0. The Hall–Kier alpha value is -0.700. The maximum absolute atomic E-state index is 6.19. The van der Waals surface area contributed by atoms with Crippen LogP contribution in [0.2, 0.25) is 10.0 Å². The van der Waals surface area contributed by atoms with Gasteiger partial charge in [0.1, 0.15) is 11.5 Å². The summed E-state index contributed by atoms with van der Waals surface area (Å²) in [6.07, 6.45) is 0.865. The molecule has 0 bridgehead atoms. The number of rotatable bonds is 4. The van der Waals surface area contributed by atoms with E-state index in [0.29, 0.717) is 16.1 Å². The van der Waals surface area contributed by atoms with Crippen molar-refractivity contribution in [1.82, 2.24) is 0 Å². The molecular weight excluding hydrogens is 347 g/mol. The lowest BCUT2D eigenvalue weighted by Crippen LogP contribution is -1.92. The zero-order valence-electron chi connectivity index (χ0n) is 10.4. The van der Waals surface area contributed by atoms with E-state index in [1.807, 2.05) is 36.4 Å². The van der Waals surface area contributed by atoms with Crippen LogP contribution >= 0.6 is 39.1 Å². The molecule has 0 radical (unpaired) electrons. The molecule has 4 heteroatoms. The molecule has 100 valence electrons. The summed E-state index contributed by atoms with van der Waals surface area (Å²) in [6, 6.07) is 11.4. The molecule has 2 aromatic carbocycles. The third kappa shape index (κ3) is 3.44. The number of ether oxygens (including phenoxy) is 1. The second kappa shape index (κ2) is 6.65. The lowest BCUT2D eigenvalue weighted by molar-refractivity contribution is 0.478. The highest BCUT2D eigenvalue weighted by Gasteiger charge is 2.09. The molecule has 0 aliphatic rings. The molecule has 0 amide bonds. The van der Waals surface area contributed by atoms with E-state index in [2.05, 4.69) is 22.9 Å². The Morgan fingerprint density at radius 2 is 1.84 bits per heavy atom. The van der Waals surface area contributed by atoms with Crippen molar-refractivity contribution in [3.8, 4) is 11.5 Å². The van der Waals surface area contributed by atoms with E-state index >= 15 is 0 Å². The quantitative estimate of drug-likeness (QED) is 0.586. The second-order valence-electron chi connectivity index (χ2n) is 4.07. The molecule has 0 aliphatic carbocycles. The van der Waals surface area contributed by atoms with Crippen LogP contribution in [0.1, 0.15) is 18.1 Å². The number of halogens is 3. The molecule has 0 N–H and O–H groups in total. The van der Waals surface area contributed by atoms with Crippen molar-refractivity contribution in [2.75, 3.05) is 0 Å². The largest absolute Gasteiger partial charge is 0.455 e. The van der Waals surface area contributed by atoms with E-state index in [4.69, 9.17) is 27.9 Å². The van der Waals surface area contributed by atoms with E-state index in [9.17, 15) is 0 Å². The first-order chi connectivity index (χ1) is 9.15. The normalized spacial score (nSPS) is 10.5. The first-order valence-electron chi connectivity index (χ1n) is 5.95. The zero-order chi connectivity index (χ0) is 13.8. The number of aryl methyl sites for hydroxylation is 1. The Kier molecular flexibility index (Phi) is 5.14. The topological polar surface area (TPSA) is 9.23 Å². The fourth-order valence-electron chi connectivity index (χ4n) is 1.78. The van der Waals surface area contributed by atoms with E-state index in [1.165, 1.54) is 0 Å². The fraction of sp³-hybridized carbons (Fsp3) is 0.200. The van der Waals surface area contributed by atoms with Crippen LogP contribution in [-0.4, -0.2) is 0 Å². The fourth-order valence-corrected chi connectivity index (χ4v) is 2.70. The summed E-state index contributed by atoms with van der Waals surface area (Å²) in [5, 5.41) is 2.05. The van der Waals surface area contributed by atoms with Gasteiger partial charge in [-0.25, -0.2) is 0 Å². The molecule has 0 aromatic heterocycles. The van der Waals surface area contributed by atoms with Gasteiger partial charge >= 0.3 is 0 Å². The number of benzene rings is 2. The minimum atomic E-state index is 0.602. The molecule has 1 nitrogen and oxygen atoms in total. The first kappa shape index (κ1) is 14.7. The molecule has 2 aromatic rings. The molecular formula is C15H13BrCl2O. The van der Waals surface area contributed by atoms with Crippen molar-refractivity contribution < 1.29 is 4.74 Å². The van der Waals surface area contributed by atoms with Gasteiger partial charge in [-0.05, 0) is 36.2 Å². The highest BCUT2D eigenvalue weighted by molar-refractivity contribution is 9.08. The monoisotopic (exact) mass is 358 g/mol. The Labute approximate surface area is 131 Å². The van der Waals surface area contributed by atoms with E-state index in [1.54, 1.807) is 0 Å². The molecule has 0 heterocycles. The van der Waals surface area contributed by atoms with Crippen molar-refractivity contribution in [3.05, 3.63) is 57.6 Å². The molecule has 0 saturated carbocycles. The van der Waals surface area contributed by atoms with Crippen LogP contribution in [-0.2, 0) is 11.8 Å². The van der Waals surface area contributed by atoms with Crippen LogP contribution in [0.5, 0.6) is 11.5 Å². The first-order valence-corrected chi connectivity index (χ1v) is 7.83. The summed E-state index contributed by atoms with van der Waals surface area (Å²) in [5.41, 5.74) is 2.08. The Morgan fingerprint density at radius 1 is 1.05 bits per heavy atom. The van der Waals surface area contributed by atoms with Crippen LogP contribution in [0.4, 0.5) is 0 Å². The van der Waals surface area contributed by atoms with Crippen molar-refractivity contribution in [2.45, 2.75) is 18.7 Å². The third-order valence-electron chi connectivity index (χ3n) is 2.81. The standard InChI is InChI=1S/C15H13BrCl2O/c1-2-10-8-12(6-7-13(10)17)19-15-11(9-16)4-3-5-14(15)18/h3-8H,2,9H2,1H3. The maximum atomic E-state index is 6.19. The van der Waals surface area contributed by atoms with E-state index in [-0.39, 0.29) is 0 Å². The maximum Gasteiger partial charge on any atom is 0.150 e. The zero-order valence-corrected chi connectivity index (χ0v) is 13.5. The van der Waals surface area contributed by atoms with Gasteiger partial charge in [-0.2, -0.15) is 0 Å². The highest BCUT2D eigenvalue weighted by Crippen LogP contribution is 2.35. The van der Waals surface area contributed by atoms with Crippen molar-refractivity contribution in [1.29, 1.82) is 0 Å². The van der Waals surface area contributed by atoms with Gasteiger partial charge in [-0.3, -0.25) is 0 Å². The Morgan fingerprint density at radius 3 is 2.53 bits per heavy atom. The number of alkyl halides is 1. The van der Waals surface area contributed by atoms with E-state index < -0.39 is 0 Å². The predicted molar refractivity (Wildman–Crippen MR) is 85.0 cm³/mol. The smallest absolute Gasteiger partial charge is 0.150 e. The van der Waals surface area contributed by atoms with Crippen LogP contribution in [0.25, 0.3) is 0 Å². The Balaban J connectivity index is 2.36. The average molecular weight is 360 g/mol. The molecule has 0 saturated heterocycles. The van der Waals surface area contributed by atoms with Gasteiger partial charge in [0, 0.05) is 15.9 Å². The number of hydrogen-bond donors (Lipinski definition) is 0. The van der Waals surface area contributed by atoms with Crippen molar-refractivity contribution in [2.24, 2.45) is 0 Å². The lowest BCUT2D eigenvalue weighted by Gasteiger charge is -2.12. The van der Waals surface area contributed by atoms with Crippen LogP contribution < -0.4 is 4.74 Å². The van der Waals surface area contributed by atoms with Gasteiger partial charge in [-0.1, -0.05) is 58.2 Å². The summed E-state index contributed by atoms with van der Waals surface area (Å²) in [6.45, 7) is 2.06. The van der Waals surface area contributed by atoms with Gasteiger partial charge in [0.25, 0.3) is 0 Å². The Bertz CT molecular complexity index is 584. The predicted octanol–water partition coefficient (Wildman–Crippen LogP) is 6.24. The average Bonchev–Trinajstić information content (AvgIpc) is 2.43. The third-order valence-corrected chi connectivity index (χ3v) is 4.08. The molecule has 0 fully saturated rings. The number of hydrogen-bond acceptors (Lipinski definition) is 1. The van der Waals surface area contributed by atoms with Crippen LogP contribution in [0.15, 0.2) is 36.4 Å². The van der Waals surface area contributed by atoms with Gasteiger partial charge in [0.2, 0.25) is 0 Å². The summed E-state index contributed by atoms with van der Waals surface area (Å²) in [5.74, 6) is 1.43. The van der Waals surface area contributed by atoms with Crippen LogP contribution in [0.3, 0.4) is 0 Å². The number of para-hydroxylation sites is 1. The second-order valence-corrected chi connectivity index (χ2v) is 5.45. The van der Waals surface area contributed by atoms with Gasteiger partial charge in [0.15, 0.2) is 0 Å². The lowest BCUT2D eigenvalue weighted by atomic mass is 10.1. The minimum Gasteiger partial charge on any atom is -0.455 e. The molecule has 0 spiro atoms. The van der Waals surface area contributed by atoms with Crippen molar-refractivity contribution in [3.63, 3.8) is 0 Å². The minimum absolute atomic E-state index is 0.602. The SMILES string of the molecule is CCc1cc(Oc2c(Cl)cccc2CBr)ccc1Cl. The molecule has 2 rings (SSSR count). The highest BCUT2D eigenvalue weighted by atomic mass is 79.9. The van der Waals surface area contributed by atoms with E-state index in [0.717, 1.165) is 28.3 Å². The van der Waals surface area contributed by atoms with Gasteiger partial charge in [0.05, 0.1) is 5.02 Å². The summed E-state index contributed by atoms with van der Waals surface area (Å²) in [4.78, 5) is 0. The molecule has 19 heavy (non-hydrogen) atoms. The summed E-state index contributed by atoms with van der Waals surface area (Å²) >= 11 is 15.7. The molecule has 0 atom stereocenters. The van der Waals surface area contributed by atoms with Gasteiger partial charge < -0.3 is 4.74 Å². The van der Waals surface area contributed by atoms with Gasteiger partial charge in [-0.15, -0.1) is 0 Å². The molecule has 0 unspecified atom stereocenters.